The highest BCUT2D eigenvalue weighted by Crippen LogP contribution is 2.23. The minimum Gasteiger partial charge on any atom is -0.328 e. The number of nitrogens with two attached hydrogens (primary N) is 1. The molecule has 3 aromatic rings. The Bertz CT molecular complexity index is 831. The van der Waals surface area contributed by atoms with Gasteiger partial charge in [0.15, 0.2) is 6.54 Å². The number of benzene rings is 2. The van der Waals surface area contributed by atoms with Gasteiger partial charge in [-0.2, -0.15) is 0 Å². The summed E-state index contributed by atoms with van der Waals surface area (Å²) in [6.45, 7) is 2.41. The van der Waals surface area contributed by atoms with Crippen molar-refractivity contribution in [2.75, 3.05) is 11.9 Å². The van der Waals surface area contributed by atoms with Gasteiger partial charge >= 0.3 is 0 Å². The first-order chi connectivity index (χ1) is 12.1. The second-order valence-corrected chi connectivity index (χ2v) is 7.32. The van der Waals surface area contributed by atoms with Crippen LogP contribution in [0.3, 0.4) is 0 Å². The Morgan fingerprint density at radius 3 is 2.64 bits per heavy atom. The van der Waals surface area contributed by atoms with Crippen LogP contribution in [0.4, 0.5) is 5.69 Å². The highest BCUT2D eigenvalue weighted by molar-refractivity contribution is 7.10. The zero-order valence-electron chi connectivity index (χ0n) is 13.9. The van der Waals surface area contributed by atoms with Gasteiger partial charge in [0.25, 0.3) is 5.91 Å². The van der Waals surface area contributed by atoms with Gasteiger partial charge in [0.1, 0.15) is 6.04 Å². The van der Waals surface area contributed by atoms with Gasteiger partial charge in [-0.15, -0.1) is 11.3 Å². The minimum absolute atomic E-state index is 0.0454. The van der Waals surface area contributed by atoms with Crippen LogP contribution in [-0.2, 0) is 4.79 Å². The number of anilines is 1. The number of thiophene rings is 1. The molecule has 1 aromatic heterocycles. The van der Waals surface area contributed by atoms with Gasteiger partial charge in [0.2, 0.25) is 0 Å². The number of carbonyl (C=O) groups is 1. The summed E-state index contributed by atoms with van der Waals surface area (Å²) in [5.41, 5.74) is 3.14. The van der Waals surface area contributed by atoms with Gasteiger partial charge in [0.05, 0.1) is 4.88 Å². The summed E-state index contributed by atoms with van der Waals surface area (Å²) in [5, 5.41) is 7.63. The third-order valence-corrected chi connectivity index (χ3v) is 5.12. The molecule has 0 aliphatic rings. The molecule has 1 heterocycles. The summed E-state index contributed by atoms with van der Waals surface area (Å²) in [6, 6.07) is 19.9. The van der Waals surface area contributed by atoms with Gasteiger partial charge in [-0.05, 0) is 36.6 Å². The smallest absolute Gasteiger partial charge is 0.279 e. The number of rotatable bonds is 6. The van der Waals surface area contributed by atoms with E-state index in [0.717, 1.165) is 0 Å². The Hall–Kier alpha value is -2.14. The molecule has 0 aliphatic carbocycles. The average molecular weight is 372 g/mol. The molecule has 0 bridgehead atoms. The van der Waals surface area contributed by atoms with Crippen molar-refractivity contribution in [2.45, 2.75) is 13.0 Å². The van der Waals surface area contributed by atoms with E-state index in [1.165, 1.54) is 16.0 Å². The minimum atomic E-state index is -0.0454. The van der Waals surface area contributed by atoms with Gasteiger partial charge in [-0.25, -0.2) is 0 Å². The summed E-state index contributed by atoms with van der Waals surface area (Å²) < 4.78 is 0. The fourth-order valence-corrected chi connectivity index (χ4v) is 3.70. The number of hydrogen-bond donors (Lipinski definition) is 2. The zero-order valence-corrected chi connectivity index (χ0v) is 15.5. The lowest BCUT2D eigenvalue weighted by molar-refractivity contribution is -0.675. The number of hydrogen-bond acceptors (Lipinski definition) is 2. The first-order valence-electron chi connectivity index (χ1n) is 8.10. The van der Waals surface area contributed by atoms with E-state index in [1.54, 1.807) is 23.5 Å². The highest BCUT2D eigenvalue weighted by Gasteiger charge is 2.20. The van der Waals surface area contributed by atoms with E-state index < -0.39 is 0 Å². The summed E-state index contributed by atoms with van der Waals surface area (Å²) >= 11 is 7.67. The maximum atomic E-state index is 12.3. The molecule has 3 rings (SSSR count). The molecule has 1 amide bonds. The van der Waals surface area contributed by atoms with Gasteiger partial charge in [0, 0.05) is 16.3 Å². The number of quaternary nitrogens is 1. The molecule has 0 unspecified atom stereocenters. The van der Waals surface area contributed by atoms with E-state index >= 15 is 0 Å². The third-order valence-electron chi connectivity index (χ3n) is 3.93. The van der Waals surface area contributed by atoms with Crippen molar-refractivity contribution >= 4 is 34.5 Å². The maximum Gasteiger partial charge on any atom is 0.279 e. The van der Waals surface area contributed by atoms with Crippen LogP contribution in [0.2, 0.25) is 5.02 Å². The van der Waals surface area contributed by atoms with Crippen LogP contribution in [0.15, 0.2) is 66.0 Å². The zero-order chi connectivity index (χ0) is 17.6. The molecule has 128 valence electrons. The molecule has 2 aromatic carbocycles. The van der Waals surface area contributed by atoms with E-state index in [0.29, 0.717) is 17.3 Å². The summed E-state index contributed by atoms with van der Waals surface area (Å²) in [4.78, 5) is 13.5. The second-order valence-electron chi connectivity index (χ2n) is 5.90. The molecule has 3 nitrogen and oxygen atoms in total. The van der Waals surface area contributed by atoms with Crippen LogP contribution in [0, 0.1) is 6.92 Å². The van der Waals surface area contributed by atoms with Crippen LogP contribution >= 0.6 is 22.9 Å². The molecule has 3 N–H and O–H groups in total. The van der Waals surface area contributed by atoms with Crippen LogP contribution in [-0.4, -0.2) is 12.5 Å². The van der Waals surface area contributed by atoms with Gasteiger partial charge < -0.3 is 10.6 Å². The van der Waals surface area contributed by atoms with E-state index in [9.17, 15) is 4.79 Å². The number of aryl methyl sites for hydroxylation is 1. The topological polar surface area (TPSA) is 45.7 Å². The van der Waals surface area contributed by atoms with E-state index in [-0.39, 0.29) is 11.9 Å². The Balaban J connectivity index is 1.68. The molecule has 0 radical (unpaired) electrons. The van der Waals surface area contributed by atoms with Gasteiger partial charge in [-0.3, -0.25) is 4.79 Å². The predicted octanol–water partition coefficient (Wildman–Crippen LogP) is 4.00. The lowest BCUT2D eigenvalue weighted by Gasteiger charge is -2.15. The van der Waals surface area contributed by atoms with Crippen molar-refractivity contribution in [3.8, 4) is 0 Å². The maximum absolute atomic E-state index is 12.3. The predicted molar refractivity (Wildman–Crippen MR) is 104 cm³/mol. The Labute approximate surface area is 156 Å². The fourth-order valence-electron chi connectivity index (χ4n) is 2.66. The van der Waals surface area contributed by atoms with Crippen LogP contribution in [0.25, 0.3) is 0 Å². The third kappa shape index (κ3) is 4.92. The van der Waals surface area contributed by atoms with Crippen LogP contribution in [0.5, 0.6) is 0 Å². The lowest BCUT2D eigenvalue weighted by atomic mass is 10.0. The number of carbonyl (C=O) groups excluding carboxylic acids is 1. The normalized spacial score (nSPS) is 11.9. The van der Waals surface area contributed by atoms with Crippen LogP contribution < -0.4 is 10.6 Å². The molecule has 0 fully saturated rings. The second kappa shape index (κ2) is 8.30. The molecule has 0 spiro atoms. The summed E-state index contributed by atoms with van der Waals surface area (Å²) in [5.74, 6) is -0.0454. The first-order valence-corrected chi connectivity index (χ1v) is 9.36. The number of halogens is 1. The monoisotopic (exact) mass is 371 g/mol. The molecule has 1 atom stereocenters. The fraction of sp³-hybridized carbons (Fsp3) is 0.150. The van der Waals surface area contributed by atoms with Crippen molar-refractivity contribution in [1.29, 1.82) is 0 Å². The summed E-state index contributed by atoms with van der Waals surface area (Å²) in [7, 11) is 0. The van der Waals surface area contributed by atoms with E-state index in [2.05, 4.69) is 53.3 Å². The molecule has 0 aliphatic heterocycles. The standard InChI is InChI=1S/C20H19ClN2OS/c1-14-7-9-15(10-8-14)20(18-6-3-11-25-18)22-13-19(24)23-17-5-2-4-16(21)12-17/h2-12,20,22H,13H2,1H3,(H,23,24)/p+1/t20-/m1/s1. The van der Waals surface area contributed by atoms with Crippen LogP contribution in [0.1, 0.15) is 22.0 Å². The Kier molecular flexibility index (Phi) is 5.87. The quantitative estimate of drug-likeness (QED) is 0.675. The molecular weight excluding hydrogens is 352 g/mol. The Morgan fingerprint density at radius 1 is 1.16 bits per heavy atom. The van der Waals surface area contributed by atoms with E-state index in [4.69, 9.17) is 11.6 Å². The number of amides is 1. The SMILES string of the molecule is Cc1ccc([C@@H]([NH2+]CC(=O)Nc2cccc(Cl)c2)c2cccs2)cc1. The van der Waals surface area contributed by atoms with Crippen molar-refractivity contribution in [3.63, 3.8) is 0 Å². The lowest BCUT2D eigenvalue weighted by Crippen LogP contribution is -2.87. The molecule has 5 heteroatoms. The Morgan fingerprint density at radius 2 is 1.96 bits per heavy atom. The highest BCUT2D eigenvalue weighted by atomic mass is 35.5. The van der Waals surface area contributed by atoms with Crippen molar-refractivity contribution in [3.05, 3.63) is 87.1 Å². The molecule has 0 saturated carbocycles. The summed E-state index contributed by atoms with van der Waals surface area (Å²) in [6.07, 6.45) is 0. The first kappa shape index (κ1) is 17.7. The number of nitrogens with one attached hydrogen (secondary N) is 1. The molecular formula is C20H20ClN2OS+. The van der Waals surface area contributed by atoms with Crippen molar-refractivity contribution in [1.82, 2.24) is 0 Å². The van der Waals surface area contributed by atoms with Crippen molar-refractivity contribution < 1.29 is 10.1 Å². The average Bonchev–Trinajstić information content (AvgIpc) is 3.11. The largest absolute Gasteiger partial charge is 0.328 e. The van der Waals surface area contributed by atoms with Crippen molar-refractivity contribution in [2.24, 2.45) is 0 Å². The van der Waals surface area contributed by atoms with Gasteiger partial charge in [-0.1, -0.05) is 53.6 Å². The molecule has 25 heavy (non-hydrogen) atoms. The molecule has 0 saturated heterocycles. The van der Waals surface area contributed by atoms with E-state index in [1.807, 2.05) is 18.2 Å².